The van der Waals surface area contributed by atoms with Crippen molar-refractivity contribution in [2.75, 3.05) is 4.90 Å². The SMILES string of the molecule is O=C1c2cccc([N+](=O)[O-])c2C(=O)N1c1ccc(Oc2cccc3ccccc23)cc1. The Morgan fingerprint density at radius 3 is 2.26 bits per heavy atom. The van der Waals surface area contributed by atoms with Crippen LogP contribution >= 0.6 is 0 Å². The van der Waals surface area contributed by atoms with Gasteiger partial charge in [0.1, 0.15) is 17.1 Å². The number of nitrogens with zero attached hydrogens (tertiary/aromatic N) is 2. The minimum atomic E-state index is -0.713. The lowest BCUT2D eigenvalue weighted by Gasteiger charge is -2.15. The van der Waals surface area contributed by atoms with E-state index in [-0.39, 0.29) is 16.8 Å². The minimum Gasteiger partial charge on any atom is -0.457 e. The van der Waals surface area contributed by atoms with Crippen LogP contribution < -0.4 is 9.64 Å². The predicted molar refractivity (Wildman–Crippen MR) is 115 cm³/mol. The molecule has 31 heavy (non-hydrogen) atoms. The standard InChI is InChI=1S/C24H14N2O5/c27-23-19-8-4-9-20(26(29)30)22(19)24(28)25(23)16-11-13-17(14-12-16)31-21-10-3-6-15-5-1-2-7-18(15)21/h1-14H. The second-order valence-electron chi connectivity index (χ2n) is 6.98. The molecule has 0 aromatic heterocycles. The summed E-state index contributed by atoms with van der Waals surface area (Å²) in [5.74, 6) is -0.0914. The first kappa shape index (κ1) is 18.5. The lowest BCUT2D eigenvalue weighted by atomic mass is 10.1. The average molecular weight is 410 g/mol. The van der Waals surface area contributed by atoms with E-state index in [9.17, 15) is 19.7 Å². The van der Waals surface area contributed by atoms with Crippen molar-refractivity contribution in [1.82, 2.24) is 0 Å². The third kappa shape index (κ3) is 3.00. The van der Waals surface area contributed by atoms with Crippen molar-refractivity contribution >= 4 is 34.0 Å². The molecule has 1 aliphatic heterocycles. The van der Waals surface area contributed by atoms with Crippen LogP contribution in [0.1, 0.15) is 20.7 Å². The van der Waals surface area contributed by atoms with Gasteiger partial charge in [-0.1, -0.05) is 42.5 Å². The quantitative estimate of drug-likeness (QED) is 0.257. The van der Waals surface area contributed by atoms with Gasteiger partial charge in [0.15, 0.2) is 0 Å². The highest BCUT2D eigenvalue weighted by Gasteiger charge is 2.41. The number of benzene rings is 4. The number of imide groups is 1. The molecule has 0 aliphatic carbocycles. The number of hydrogen-bond donors (Lipinski definition) is 0. The molecule has 0 atom stereocenters. The molecule has 4 aromatic rings. The average Bonchev–Trinajstić information content (AvgIpc) is 3.05. The monoisotopic (exact) mass is 410 g/mol. The second-order valence-corrected chi connectivity index (χ2v) is 6.98. The second kappa shape index (κ2) is 7.07. The Bertz CT molecular complexity index is 1370. The zero-order chi connectivity index (χ0) is 21.5. The lowest BCUT2D eigenvalue weighted by molar-refractivity contribution is -0.385. The van der Waals surface area contributed by atoms with Crippen LogP contribution in [0.3, 0.4) is 0 Å². The van der Waals surface area contributed by atoms with E-state index in [2.05, 4.69) is 0 Å². The van der Waals surface area contributed by atoms with Crippen LogP contribution in [-0.4, -0.2) is 16.7 Å². The van der Waals surface area contributed by atoms with Crippen molar-refractivity contribution in [3.05, 3.63) is 106 Å². The molecule has 0 spiro atoms. The van der Waals surface area contributed by atoms with Crippen LogP contribution in [0, 0.1) is 10.1 Å². The maximum absolute atomic E-state index is 12.8. The molecule has 7 heteroatoms. The molecule has 7 nitrogen and oxygen atoms in total. The smallest absolute Gasteiger partial charge is 0.283 e. The summed E-state index contributed by atoms with van der Waals surface area (Å²) in [5, 5.41) is 13.3. The first-order chi connectivity index (χ1) is 15.0. The van der Waals surface area contributed by atoms with Crippen LogP contribution in [0.4, 0.5) is 11.4 Å². The van der Waals surface area contributed by atoms with Gasteiger partial charge in [0.2, 0.25) is 0 Å². The topological polar surface area (TPSA) is 89.8 Å². The van der Waals surface area contributed by atoms with Gasteiger partial charge in [0, 0.05) is 11.5 Å². The van der Waals surface area contributed by atoms with Gasteiger partial charge in [-0.05, 0) is 41.8 Å². The summed E-state index contributed by atoms with van der Waals surface area (Å²) in [5.41, 5.74) is -0.233. The van der Waals surface area contributed by atoms with Crippen molar-refractivity contribution in [2.24, 2.45) is 0 Å². The number of hydrogen-bond acceptors (Lipinski definition) is 5. The Hall–Kier alpha value is -4.52. The minimum absolute atomic E-state index is 0.0234. The molecular weight excluding hydrogens is 396 g/mol. The van der Waals surface area contributed by atoms with E-state index in [1.807, 2.05) is 42.5 Å². The van der Waals surface area contributed by atoms with Crippen molar-refractivity contribution in [3.63, 3.8) is 0 Å². The van der Waals surface area contributed by atoms with Crippen LogP contribution in [0.5, 0.6) is 11.5 Å². The maximum atomic E-state index is 12.8. The van der Waals surface area contributed by atoms with Crippen molar-refractivity contribution in [2.45, 2.75) is 0 Å². The fourth-order valence-corrected chi connectivity index (χ4v) is 3.73. The van der Waals surface area contributed by atoms with Crippen LogP contribution in [0.15, 0.2) is 84.9 Å². The Balaban J connectivity index is 1.45. The predicted octanol–water partition coefficient (Wildman–Crippen LogP) is 5.34. The Morgan fingerprint density at radius 1 is 0.774 bits per heavy atom. The van der Waals surface area contributed by atoms with Crippen molar-refractivity contribution in [3.8, 4) is 11.5 Å². The number of nitro benzene ring substituents is 1. The van der Waals surface area contributed by atoms with E-state index >= 15 is 0 Å². The summed E-state index contributed by atoms with van der Waals surface area (Å²) >= 11 is 0. The van der Waals surface area contributed by atoms with Gasteiger partial charge in [0.05, 0.1) is 16.2 Å². The molecular formula is C24H14N2O5. The zero-order valence-corrected chi connectivity index (χ0v) is 16.0. The van der Waals surface area contributed by atoms with E-state index < -0.39 is 16.7 Å². The highest BCUT2D eigenvalue weighted by molar-refractivity contribution is 6.35. The zero-order valence-electron chi connectivity index (χ0n) is 16.0. The highest BCUT2D eigenvalue weighted by atomic mass is 16.6. The summed E-state index contributed by atoms with van der Waals surface area (Å²) in [6.45, 7) is 0. The fraction of sp³-hybridized carbons (Fsp3) is 0. The summed E-state index contributed by atoms with van der Waals surface area (Å²) in [4.78, 5) is 37.1. The normalized spacial score (nSPS) is 12.8. The molecule has 1 heterocycles. The number of ether oxygens (including phenoxy) is 1. The molecule has 0 saturated heterocycles. The molecule has 150 valence electrons. The van der Waals surface area contributed by atoms with Crippen LogP contribution in [0.2, 0.25) is 0 Å². The van der Waals surface area contributed by atoms with Gasteiger partial charge in [-0.2, -0.15) is 0 Å². The molecule has 0 fully saturated rings. The van der Waals surface area contributed by atoms with E-state index in [1.54, 1.807) is 24.3 Å². The van der Waals surface area contributed by atoms with Crippen LogP contribution in [0.25, 0.3) is 10.8 Å². The number of carbonyl (C=O) groups excluding carboxylic acids is 2. The van der Waals surface area contributed by atoms with E-state index in [1.165, 1.54) is 18.2 Å². The number of nitro groups is 1. The fourth-order valence-electron chi connectivity index (χ4n) is 3.73. The Kier molecular flexibility index (Phi) is 4.22. The molecule has 5 rings (SSSR count). The number of amides is 2. The molecule has 4 aromatic carbocycles. The number of carbonyl (C=O) groups is 2. The first-order valence-electron chi connectivity index (χ1n) is 9.46. The summed E-state index contributed by atoms with van der Waals surface area (Å²) < 4.78 is 6.00. The highest BCUT2D eigenvalue weighted by Crippen LogP contribution is 2.35. The largest absolute Gasteiger partial charge is 0.457 e. The van der Waals surface area contributed by atoms with Gasteiger partial charge in [-0.25, -0.2) is 4.90 Å². The molecule has 0 saturated carbocycles. The number of anilines is 1. The van der Waals surface area contributed by atoms with E-state index in [4.69, 9.17) is 4.74 Å². The van der Waals surface area contributed by atoms with Gasteiger partial charge in [-0.3, -0.25) is 19.7 Å². The van der Waals surface area contributed by atoms with Crippen LogP contribution in [-0.2, 0) is 0 Å². The van der Waals surface area contributed by atoms with Gasteiger partial charge in [-0.15, -0.1) is 0 Å². The number of rotatable bonds is 4. The molecule has 1 aliphatic rings. The Labute approximate surface area is 176 Å². The lowest BCUT2D eigenvalue weighted by Crippen LogP contribution is -2.29. The van der Waals surface area contributed by atoms with Crippen molar-refractivity contribution in [1.29, 1.82) is 0 Å². The molecule has 0 N–H and O–H groups in total. The van der Waals surface area contributed by atoms with E-state index in [0.717, 1.165) is 15.7 Å². The number of fused-ring (bicyclic) bond motifs is 2. The first-order valence-corrected chi connectivity index (χ1v) is 9.46. The molecule has 2 amide bonds. The van der Waals surface area contributed by atoms with Gasteiger partial charge in [0.25, 0.3) is 17.5 Å². The third-order valence-corrected chi connectivity index (χ3v) is 5.16. The molecule has 0 unspecified atom stereocenters. The Morgan fingerprint density at radius 2 is 1.48 bits per heavy atom. The third-order valence-electron chi connectivity index (χ3n) is 5.16. The van der Waals surface area contributed by atoms with Gasteiger partial charge >= 0.3 is 0 Å². The summed E-state index contributed by atoms with van der Waals surface area (Å²) in [6.07, 6.45) is 0. The molecule has 0 radical (unpaired) electrons. The van der Waals surface area contributed by atoms with E-state index in [0.29, 0.717) is 17.2 Å². The summed E-state index contributed by atoms with van der Waals surface area (Å²) in [6, 6.07) is 24.1. The maximum Gasteiger partial charge on any atom is 0.283 e. The molecule has 0 bridgehead atoms. The van der Waals surface area contributed by atoms with Crippen molar-refractivity contribution < 1.29 is 19.2 Å². The summed E-state index contributed by atoms with van der Waals surface area (Å²) in [7, 11) is 0. The van der Waals surface area contributed by atoms with Gasteiger partial charge < -0.3 is 4.74 Å².